The highest BCUT2D eigenvalue weighted by atomic mass is 16.4. The molecule has 1 aromatic heterocycles. The summed E-state index contributed by atoms with van der Waals surface area (Å²) < 4.78 is 0. The van der Waals surface area contributed by atoms with Crippen molar-refractivity contribution in [2.75, 3.05) is 0 Å². The standard InChI is InChI=1S/C16H15N3O3/c1-10-8-11(6-7-15(20)21)9-14(16(10)22)19-17-12-4-2-3-5-13(12)18-19/h2-5,8-9,22H,6-7H2,1H3,(H,20,21). The molecule has 0 saturated heterocycles. The van der Waals surface area contributed by atoms with Gasteiger partial charge in [-0.05, 0) is 42.7 Å². The molecular formula is C16H15N3O3. The first-order valence-electron chi connectivity index (χ1n) is 6.91. The van der Waals surface area contributed by atoms with E-state index in [-0.39, 0.29) is 12.2 Å². The smallest absolute Gasteiger partial charge is 0.303 e. The lowest BCUT2D eigenvalue weighted by atomic mass is 10.0. The Labute approximate surface area is 126 Å². The van der Waals surface area contributed by atoms with E-state index >= 15 is 0 Å². The molecule has 0 bridgehead atoms. The van der Waals surface area contributed by atoms with Crippen molar-refractivity contribution in [2.24, 2.45) is 0 Å². The molecule has 0 fully saturated rings. The number of hydrogen-bond acceptors (Lipinski definition) is 4. The Hall–Kier alpha value is -2.89. The lowest BCUT2D eigenvalue weighted by molar-refractivity contribution is -0.136. The lowest BCUT2D eigenvalue weighted by Crippen LogP contribution is -2.03. The summed E-state index contributed by atoms with van der Waals surface area (Å²) in [7, 11) is 0. The topological polar surface area (TPSA) is 88.2 Å². The average Bonchev–Trinajstić information content (AvgIpc) is 2.91. The number of benzene rings is 2. The molecule has 2 aromatic carbocycles. The van der Waals surface area contributed by atoms with Gasteiger partial charge in [0.1, 0.15) is 22.5 Å². The number of nitrogens with zero attached hydrogens (tertiary/aromatic N) is 3. The molecule has 2 N–H and O–H groups in total. The van der Waals surface area contributed by atoms with Crippen LogP contribution in [0.3, 0.4) is 0 Å². The SMILES string of the molecule is Cc1cc(CCC(=O)O)cc(-n2nc3ccccc3n2)c1O. The minimum Gasteiger partial charge on any atom is -0.505 e. The summed E-state index contributed by atoms with van der Waals surface area (Å²) >= 11 is 0. The van der Waals surface area contributed by atoms with Crippen LogP contribution in [-0.2, 0) is 11.2 Å². The van der Waals surface area contributed by atoms with E-state index in [4.69, 9.17) is 5.11 Å². The summed E-state index contributed by atoms with van der Waals surface area (Å²) in [4.78, 5) is 12.1. The molecule has 6 nitrogen and oxygen atoms in total. The Bertz CT molecular complexity index is 822. The van der Waals surface area contributed by atoms with Gasteiger partial charge in [0.25, 0.3) is 0 Å². The van der Waals surface area contributed by atoms with Crippen molar-refractivity contribution in [1.29, 1.82) is 0 Å². The summed E-state index contributed by atoms with van der Waals surface area (Å²) in [5, 5.41) is 27.8. The minimum atomic E-state index is -0.852. The zero-order valence-electron chi connectivity index (χ0n) is 12.0. The second-order valence-electron chi connectivity index (χ2n) is 5.15. The second kappa shape index (κ2) is 5.48. The number of phenols is 1. The average molecular weight is 297 g/mol. The van der Waals surface area contributed by atoms with Gasteiger partial charge in [0.05, 0.1) is 0 Å². The van der Waals surface area contributed by atoms with E-state index in [2.05, 4.69) is 10.2 Å². The van der Waals surface area contributed by atoms with E-state index in [0.717, 1.165) is 16.6 Å². The molecule has 0 atom stereocenters. The zero-order chi connectivity index (χ0) is 15.7. The van der Waals surface area contributed by atoms with Crippen molar-refractivity contribution in [2.45, 2.75) is 19.8 Å². The third kappa shape index (κ3) is 2.63. The Balaban J connectivity index is 2.06. The predicted molar refractivity (Wildman–Crippen MR) is 81.2 cm³/mol. The van der Waals surface area contributed by atoms with Crippen molar-refractivity contribution in [1.82, 2.24) is 15.0 Å². The summed E-state index contributed by atoms with van der Waals surface area (Å²) in [6, 6.07) is 10.9. The number of fused-ring (bicyclic) bond motifs is 1. The van der Waals surface area contributed by atoms with Crippen molar-refractivity contribution in [3.63, 3.8) is 0 Å². The van der Waals surface area contributed by atoms with Gasteiger partial charge in [-0.1, -0.05) is 18.2 Å². The van der Waals surface area contributed by atoms with E-state index in [1.165, 1.54) is 4.80 Å². The molecule has 6 heteroatoms. The number of phenolic OH excluding ortho intramolecular Hbond substituents is 1. The van der Waals surface area contributed by atoms with Gasteiger partial charge in [-0.3, -0.25) is 4.79 Å². The second-order valence-corrected chi connectivity index (χ2v) is 5.15. The van der Waals surface area contributed by atoms with Gasteiger partial charge in [0, 0.05) is 6.42 Å². The molecule has 3 rings (SSSR count). The molecule has 3 aromatic rings. The van der Waals surface area contributed by atoms with Crippen LogP contribution >= 0.6 is 0 Å². The van der Waals surface area contributed by atoms with Gasteiger partial charge in [0.15, 0.2) is 0 Å². The number of carboxylic acids is 1. The summed E-state index contributed by atoms with van der Waals surface area (Å²) in [5.41, 5.74) is 3.41. The third-order valence-electron chi connectivity index (χ3n) is 3.47. The van der Waals surface area contributed by atoms with Crippen LogP contribution in [-0.4, -0.2) is 31.2 Å². The van der Waals surface area contributed by atoms with Crippen molar-refractivity contribution < 1.29 is 15.0 Å². The van der Waals surface area contributed by atoms with E-state index < -0.39 is 5.97 Å². The maximum absolute atomic E-state index is 10.7. The first-order valence-corrected chi connectivity index (χ1v) is 6.91. The molecule has 0 aliphatic heterocycles. The maximum Gasteiger partial charge on any atom is 0.303 e. The Morgan fingerprint density at radius 2 is 1.82 bits per heavy atom. The number of aromatic hydroxyl groups is 1. The van der Waals surface area contributed by atoms with E-state index in [1.54, 1.807) is 19.1 Å². The van der Waals surface area contributed by atoms with Crippen molar-refractivity contribution >= 4 is 17.0 Å². The molecular weight excluding hydrogens is 282 g/mol. The van der Waals surface area contributed by atoms with Gasteiger partial charge < -0.3 is 10.2 Å². The first kappa shape index (κ1) is 14.1. The molecule has 22 heavy (non-hydrogen) atoms. The molecule has 0 spiro atoms. The molecule has 0 amide bonds. The van der Waals surface area contributed by atoms with Crippen LogP contribution < -0.4 is 0 Å². The number of hydrogen-bond donors (Lipinski definition) is 2. The summed E-state index contributed by atoms with van der Waals surface area (Å²) in [6.07, 6.45) is 0.433. The molecule has 0 unspecified atom stereocenters. The quantitative estimate of drug-likeness (QED) is 0.772. The van der Waals surface area contributed by atoms with E-state index in [0.29, 0.717) is 17.7 Å². The van der Waals surface area contributed by atoms with Crippen LogP contribution in [0.25, 0.3) is 16.7 Å². The summed E-state index contributed by atoms with van der Waals surface area (Å²) in [6.45, 7) is 1.77. The van der Waals surface area contributed by atoms with Crippen LogP contribution in [0.1, 0.15) is 17.5 Å². The Morgan fingerprint density at radius 3 is 2.41 bits per heavy atom. The first-order chi connectivity index (χ1) is 10.5. The number of rotatable bonds is 4. The van der Waals surface area contributed by atoms with Gasteiger partial charge in [-0.25, -0.2) is 0 Å². The van der Waals surface area contributed by atoms with Gasteiger partial charge in [-0.2, -0.15) is 0 Å². The summed E-state index contributed by atoms with van der Waals surface area (Å²) in [5.74, 6) is -0.755. The fourth-order valence-corrected chi connectivity index (χ4v) is 2.35. The molecule has 0 radical (unpaired) electrons. The fourth-order valence-electron chi connectivity index (χ4n) is 2.35. The number of carboxylic acid groups (broad SMARTS) is 1. The van der Waals surface area contributed by atoms with Gasteiger partial charge >= 0.3 is 5.97 Å². The van der Waals surface area contributed by atoms with Crippen LogP contribution in [0.5, 0.6) is 5.75 Å². The predicted octanol–water partition coefficient (Wildman–Crippen LogP) is 2.45. The molecule has 0 aliphatic carbocycles. The number of aliphatic carboxylic acids is 1. The van der Waals surface area contributed by atoms with Gasteiger partial charge in [0.2, 0.25) is 0 Å². The van der Waals surface area contributed by atoms with Crippen molar-refractivity contribution in [3.8, 4) is 11.4 Å². The number of carbonyl (C=O) groups is 1. The molecule has 0 saturated carbocycles. The minimum absolute atomic E-state index is 0.0398. The maximum atomic E-state index is 10.7. The third-order valence-corrected chi connectivity index (χ3v) is 3.47. The highest BCUT2D eigenvalue weighted by Crippen LogP contribution is 2.28. The lowest BCUT2D eigenvalue weighted by Gasteiger charge is -2.09. The number of aromatic nitrogens is 3. The highest BCUT2D eigenvalue weighted by Gasteiger charge is 2.13. The number of aryl methyl sites for hydroxylation is 2. The van der Waals surface area contributed by atoms with Crippen LogP contribution in [0.15, 0.2) is 36.4 Å². The molecule has 112 valence electrons. The highest BCUT2D eigenvalue weighted by molar-refractivity contribution is 5.73. The van der Waals surface area contributed by atoms with Crippen LogP contribution in [0.2, 0.25) is 0 Å². The molecule has 1 heterocycles. The van der Waals surface area contributed by atoms with Crippen molar-refractivity contribution in [3.05, 3.63) is 47.5 Å². The zero-order valence-corrected chi connectivity index (χ0v) is 12.0. The van der Waals surface area contributed by atoms with Gasteiger partial charge in [-0.15, -0.1) is 15.0 Å². The van der Waals surface area contributed by atoms with Crippen LogP contribution in [0.4, 0.5) is 0 Å². The largest absolute Gasteiger partial charge is 0.505 e. The normalized spacial score (nSPS) is 11.0. The fraction of sp³-hybridized carbons (Fsp3) is 0.188. The van der Waals surface area contributed by atoms with Crippen LogP contribution in [0, 0.1) is 6.92 Å². The Morgan fingerprint density at radius 1 is 1.18 bits per heavy atom. The Kier molecular flexibility index (Phi) is 3.50. The van der Waals surface area contributed by atoms with E-state index in [9.17, 15) is 9.90 Å². The van der Waals surface area contributed by atoms with E-state index in [1.807, 2.05) is 24.3 Å². The monoisotopic (exact) mass is 297 g/mol. The molecule has 0 aliphatic rings.